The summed E-state index contributed by atoms with van der Waals surface area (Å²) in [6.45, 7) is 2.20. The van der Waals surface area contributed by atoms with Gasteiger partial charge in [-0.2, -0.15) is 0 Å². The Morgan fingerprint density at radius 2 is 2.24 bits per heavy atom. The van der Waals surface area contributed by atoms with Gasteiger partial charge in [0.1, 0.15) is 11.4 Å². The second-order valence-corrected chi connectivity index (χ2v) is 6.61. The molecule has 1 aliphatic heterocycles. The van der Waals surface area contributed by atoms with E-state index in [0.29, 0.717) is 0 Å². The van der Waals surface area contributed by atoms with Crippen molar-refractivity contribution < 1.29 is 4.74 Å². The van der Waals surface area contributed by atoms with Crippen LogP contribution in [0, 0.1) is 5.92 Å². The van der Waals surface area contributed by atoms with Crippen LogP contribution in [0.15, 0.2) is 22.7 Å². The smallest absolute Gasteiger partial charge is 0.126 e. The number of benzene rings is 1. The van der Waals surface area contributed by atoms with Crippen LogP contribution in [0.2, 0.25) is 0 Å². The zero-order valence-corrected chi connectivity index (χ0v) is 11.7. The van der Waals surface area contributed by atoms with E-state index in [-0.39, 0.29) is 11.6 Å². The zero-order chi connectivity index (χ0) is 12.0. The van der Waals surface area contributed by atoms with Crippen molar-refractivity contribution in [1.29, 1.82) is 0 Å². The molecule has 0 aromatic heterocycles. The van der Waals surface area contributed by atoms with Crippen LogP contribution >= 0.6 is 15.9 Å². The van der Waals surface area contributed by atoms with Crippen LogP contribution in [0.1, 0.15) is 44.2 Å². The van der Waals surface area contributed by atoms with Crippen LogP contribution in [0.4, 0.5) is 0 Å². The van der Waals surface area contributed by atoms with Crippen LogP contribution in [-0.2, 0) is 0 Å². The van der Waals surface area contributed by atoms with Crippen molar-refractivity contribution in [2.24, 2.45) is 11.7 Å². The summed E-state index contributed by atoms with van der Waals surface area (Å²) in [7, 11) is 0. The van der Waals surface area contributed by atoms with Crippen molar-refractivity contribution in [2.45, 2.75) is 44.2 Å². The lowest BCUT2D eigenvalue weighted by molar-refractivity contribution is 0.0401. The molecule has 0 amide bonds. The van der Waals surface area contributed by atoms with Gasteiger partial charge < -0.3 is 10.5 Å². The van der Waals surface area contributed by atoms with Gasteiger partial charge in [-0.05, 0) is 31.4 Å². The highest BCUT2D eigenvalue weighted by molar-refractivity contribution is 9.10. The summed E-state index contributed by atoms with van der Waals surface area (Å²) in [6.07, 6.45) is 4.80. The third kappa shape index (κ3) is 2.36. The van der Waals surface area contributed by atoms with Gasteiger partial charge in [-0.25, -0.2) is 0 Å². The molecular formula is C14H18BrNO. The molecule has 1 saturated carbocycles. The van der Waals surface area contributed by atoms with Crippen LogP contribution < -0.4 is 10.5 Å². The van der Waals surface area contributed by atoms with Crippen molar-refractivity contribution in [3.05, 3.63) is 28.2 Å². The van der Waals surface area contributed by atoms with Crippen LogP contribution in [0.5, 0.6) is 5.75 Å². The van der Waals surface area contributed by atoms with E-state index in [1.807, 2.05) is 12.1 Å². The summed E-state index contributed by atoms with van der Waals surface area (Å²) in [5.74, 6) is 1.82. The maximum Gasteiger partial charge on any atom is 0.126 e. The number of fused-ring (bicyclic) bond motifs is 1. The first-order valence-electron chi connectivity index (χ1n) is 6.30. The first-order chi connectivity index (χ1) is 8.06. The molecule has 0 spiro atoms. The first kappa shape index (κ1) is 11.5. The van der Waals surface area contributed by atoms with Gasteiger partial charge in [0, 0.05) is 22.5 Å². The topological polar surface area (TPSA) is 35.2 Å². The third-order valence-electron chi connectivity index (χ3n) is 3.80. The first-order valence-corrected chi connectivity index (χ1v) is 7.09. The Kier molecular flexibility index (Phi) is 2.71. The normalized spacial score (nSPS) is 31.8. The molecule has 0 radical (unpaired) electrons. The molecule has 3 heteroatoms. The molecule has 3 rings (SSSR count). The standard InChI is InChI=1S/C14H18BrNO/c1-14(7-9-2-3-9)8-12(16)11-5-4-10(15)6-13(11)17-14/h4-6,9,12H,2-3,7-8,16H2,1H3/t12-,14?/m0/s1. The second kappa shape index (κ2) is 3.99. The summed E-state index contributed by atoms with van der Waals surface area (Å²) in [5, 5.41) is 0. The lowest BCUT2D eigenvalue weighted by Gasteiger charge is -2.39. The molecule has 2 atom stereocenters. The molecule has 1 aromatic rings. The number of hydrogen-bond acceptors (Lipinski definition) is 2. The van der Waals surface area contributed by atoms with Crippen molar-refractivity contribution in [3.63, 3.8) is 0 Å². The molecule has 1 aromatic carbocycles. The minimum atomic E-state index is -0.0750. The number of rotatable bonds is 2. The van der Waals surface area contributed by atoms with Crippen LogP contribution in [0.3, 0.4) is 0 Å². The molecule has 1 fully saturated rings. The van der Waals surface area contributed by atoms with E-state index in [1.54, 1.807) is 0 Å². The minimum absolute atomic E-state index is 0.0750. The van der Waals surface area contributed by atoms with E-state index in [1.165, 1.54) is 12.8 Å². The van der Waals surface area contributed by atoms with Gasteiger partial charge in [0.25, 0.3) is 0 Å². The predicted octanol–water partition coefficient (Wildman–Crippen LogP) is 3.79. The van der Waals surface area contributed by atoms with E-state index < -0.39 is 0 Å². The fourth-order valence-corrected chi connectivity index (χ4v) is 3.18. The van der Waals surface area contributed by atoms with Gasteiger partial charge in [0.2, 0.25) is 0 Å². The molecule has 2 aliphatic rings. The summed E-state index contributed by atoms with van der Waals surface area (Å²) >= 11 is 3.49. The largest absolute Gasteiger partial charge is 0.487 e. The summed E-state index contributed by atoms with van der Waals surface area (Å²) in [5.41, 5.74) is 7.34. The molecule has 1 unspecified atom stereocenters. The molecule has 2 N–H and O–H groups in total. The van der Waals surface area contributed by atoms with E-state index in [4.69, 9.17) is 10.5 Å². The van der Waals surface area contributed by atoms with Gasteiger partial charge in [-0.1, -0.05) is 34.8 Å². The van der Waals surface area contributed by atoms with Crippen molar-refractivity contribution in [3.8, 4) is 5.75 Å². The molecule has 0 saturated heterocycles. The molecule has 0 bridgehead atoms. The number of halogens is 1. The van der Waals surface area contributed by atoms with Gasteiger partial charge >= 0.3 is 0 Å². The molecule has 92 valence electrons. The van der Waals surface area contributed by atoms with Gasteiger partial charge in [0.15, 0.2) is 0 Å². The number of ether oxygens (including phenoxy) is 1. The van der Waals surface area contributed by atoms with Gasteiger partial charge in [0.05, 0.1) is 0 Å². The molecule has 17 heavy (non-hydrogen) atoms. The summed E-state index contributed by atoms with van der Waals surface area (Å²) in [6, 6.07) is 6.25. The zero-order valence-electron chi connectivity index (χ0n) is 10.1. The monoisotopic (exact) mass is 295 g/mol. The molecule has 2 nitrogen and oxygen atoms in total. The van der Waals surface area contributed by atoms with Gasteiger partial charge in [-0.3, -0.25) is 0 Å². The van der Waals surface area contributed by atoms with Crippen molar-refractivity contribution in [1.82, 2.24) is 0 Å². The van der Waals surface area contributed by atoms with Crippen molar-refractivity contribution in [2.75, 3.05) is 0 Å². The lowest BCUT2D eigenvalue weighted by atomic mass is 9.85. The average Bonchev–Trinajstić information content (AvgIpc) is 2.99. The second-order valence-electron chi connectivity index (χ2n) is 5.69. The Labute approximate surface area is 111 Å². The number of nitrogens with two attached hydrogens (primary N) is 1. The third-order valence-corrected chi connectivity index (χ3v) is 4.29. The van der Waals surface area contributed by atoms with E-state index >= 15 is 0 Å². The Morgan fingerprint density at radius 3 is 2.94 bits per heavy atom. The molecular weight excluding hydrogens is 278 g/mol. The lowest BCUT2D eigenvalue weighted by Crippen LogP contribution is -2.40. The maximum atomic E-state index is 6.27. The van der Waals surface area contributed by atoms with Crippen LogP contribution in [-0.4, -0.2) is 5.60 Å². The Balaban J connectivity index is 1.89. The predicted molar refractivity (Wildman–Crippen MR) is 72.1 cm³/mol. The van der Waals surface area contributed by atoms with Crippen molar-refractivity contribution >= 4 is 15.9 Å². The van der Waals surface area contributed by atoms with Gasteiger partial charge in [-0.15, -0.1) is 0 Å². The highest BCUT2D eigenvalue weighted by atomic mass is 79.9. The Morgan fingerprint density at radius 1 is 1.47 bits per heavy atom. The highest BCUT2D eigenvalue weighted by Gasteiger charge is 2.40. The SMILES string of the molecule is CC1(CC2CC2)C[C@H](N)c2ccc(Br)cc2O1. The fraction of sp³-hybridized carbons (Fsp3) is 0.571. The summed E-state index contributed by atoms with van der Waals surface area (Å²) < 4.78 is 7.27. The highest BCUT2D eigenvalue weighted by Crippen LogP contribution is 2.46. The maximum absolute atomic E-state index is 6.27. The van der Waals surface area contributed by atoms with E-state index in [9.17, 15) is 0 Å². The minimum Gasteiger partial charge on any atom is -0.487 e. The number of hydrogen-bond donors (Lipinski definition) is 1. The quantitative estimate of drug-likeness (QED) is 0.901. The molecule has 1 aliphatic carbocycles. The Hall–Kier alpha value is -0.540. The fourth-order valence-electron chi connectivity index (χ4n) is 2.84. The summed E-state index contributed by atoms with van der Waals surface area (Å²) in [4.78, 5) is 0. The van der Waals surface area contributed by atoms with E-state index in [0.717, 1.165) is 34.5 Å². The molecule has 1 heterocycles. The average molecular weight is 296 g/mol. The van der Waals surface area contributed by atoms with E-state index in [2.05, 4.69) is 28.9 Å². The van der Waals surface area contributed by atoms with Crippen LogP contribution in [0.25, 0.3) is 0 Å². The Bertz CT molecular complexity index is 444.